The molecular formula is C13H17N5O2. The number of anilines is 1. The Hall–Kier alpha value is -2.28. The number of rotatable bonds is 4. The highest BCUT2D eigenvalue weighted by atomic mass is 16.5. The minimum atomic E-state index is -0.332. The highest BCUT2D eigenvalue weighted by Gasteiger charge is 2.12. The minimum absolute atomic E-state index is 0.0260. The summed E-state index contributed by atoms with van der Waals surface area (Å²) in [6.45, 7) is 5.74. The molecule has 7 nitrogen and oxygen atoms in total. The predicted octanol–water partition coefficient (Wildman–Crippen LogP) is 1.42. The molecule has 0 fully saturated rings. The highest BCUT2D eigenvalue weighted by molar-refractivity contribution is 5.91. The minimum Gasteiger partial charge on any atom is -0.366 e. The molecule has 0 aliphatic heterocycles. The third kappa shape index (κ3) is 4.13. The molecular weight excluding hydrogens is 258 g/mol. The molecule has 0 saturated carbocycles. The lowest BCUT2D eigenvalue weighted by Crippen LogP contribution is -2.27. The second-order valence-corrected chi connectivity index (χ2v) is 5.25. The van der Waals surface area contributed by atoms with Crippen LogP contribution in [0.4, 0.5) is 5.69 Å². The van der Waals surface area contributed by atoms with Crippen molar-refractivity contribution in [3.63, 3.8) is 0 Å². The molecule has 1 heterocycles. The Kier molecular flexibility index (Phi) is 4.09. The molecule has 0 atom stereocenters. The van der Waals surface area contributed by atoms with Crippen LogP contribution >= 0.6 is 0 Å². The van der Waals surface area contributed by atoms with E-state index < -0.39 is 0 Å². The van der Waals surface area contributed by atoms with Crippen molar-refractivity contribution in [3.8, 4) is 5.69 Å². The third-order valence-corrected chi connectivity index (χ3v) is 2.40. The standard InChI is InChI=1S/C13H17N5O2/c1-13(2,3)20-8-12(19)15-10-4-6-11(7-5-10)18-9-14-16-17-18/h4-7,9H,8H2,1-3H3,(H,15,19). The van der Waals surface area contributed by atoms with Gasteiger partial charge in [0.25, 0.3) is 0 Å². The summed E-state index contributed by atoms with van der Waals surface area (Å²) in [6, 6.07) is 7.20. The maximum absolute atomic E-state index is 11.7. The average molecular weight is 275 g/mol. The fraction of sp³-hybridized carbons (Fsp3) is 0.385. The first kappa shape index (κ1) is 14.1. The summed E-state index contributed by atoms with van der Waals surface area (Å²) in [5, 5.41) is 13.7. The van der Waals surface area contributed by atoms with E-state index in [1.807, 2.05) is 32.9 Å². The summed E-state index contributed by atoms with van der Waals surface area (Å²) in [5.41, 5.74) is 1.18. The van der Waals surface area contributed by atoms with E-state index in [2.05, 4.69) is 20.8 Å². The third-order valence-electron chi connectivity index (χ3n) is 2.40. The van der Waals surface area contributed by atoms with Gasteiger partial charge in [0.05, 0.1) is 11.3 Å². The van der Waals surface area contributed by atoms with Crippen molar-refractivity contribution in [1.29, 1.82) is 0 Å². The van der Waals surface area contributed by atoms with E-state index in [1.165, 1.54) is 11.0 Å². The molecule has 0 bridgehead atoms. The summed E-state index contributed by atoms with van der Waals surface area (Å²) in [4.78, 5) is 11.7. The van der Waals surface area contributed by atoms with Crippen molar-refractivity contribution in [3.05, 3.63) is 30.6 Å². The zero-order valence-corrected chi connectivity index (χ0v) is 11.7. The molecule has 0 aliphatic rings. The van der Waals surface area contributed by atoms with Gasteiger partial charge in [0.15, 0.2) is 0 Å². The number of carbonyl (C=O) groups excluding carboxylic acids is 1. The molecule has 0 radical (unpaired) electrons. The molecule has 106 valence electrons. The van der Waals surface area contributed by atoms with Crippen LogP contribution in [-0.4, -0.2) is 38.3 Å². The first-order valence-electron chi connectivity index (χ1n) is 6.21. The van der Waals surface area contributed by atoms with Crippen LogP contribution in [0.15, 0.2) is 30.6 Å². The van der Waals surface area contributed by atoms with Gasteiger partial charge in [-0.1, -0.05) is 0 Å². The number of nitrogens with zero attached hydrogens (tertiary/aromatic N) is 4. The topological polar surface area (TPSA) is 81.9 Å². The molecule has 0 aliphatic carbocycles. The van der Waals surface area contributed by atoms with Crippen LogP contribution in [0.5, 0.6) is 0 Å². The van der Waals surface area contributed by atoms with Crippen LogP contribution in [0.25, 0.3) is 5.69 Å². The Bertz CT molecular complexity index is 557. The monoisotopic (exact) mass is 275 g/mol. The lowest BCUT2D eigenvalue weighted by molar-refractivity contribution is -0.125. The van der Waals surface area contributed by atoms with Crippen molar-refractivity contribution < 1.29 is 9.53 Å². The fourth-order valence-electron chi connectivity index (χ4n) is 1.46. The number of benzene rings is 1. The van der Waals surface area contributed by atoms with Crippen LogP contribution in [0, 0.1) is 0 Å². The van der Waals surface area contributed by atoms with E-state index in [9.17, 15) is 4.79 Å². The number of hydrogen-bond acceptors (Lipinski definition) is 5. The van der Waals surface area contributed by atoms with Crippen molar-refractivity contribution in [2.24, 2.45) is 0 Å². The van der Waals surface area contributed by atoms with Gasteiger partial charge in [-0.3, -0.25) is 4.79 Å². The highest BCUT2D eigenvalue weighted by Crippen LogP contribution is 2.12. The molecule has 20 heavy (non-hydrogen) atoms. The first-order valence-corrected chi connectivity index (χ1v) is 6.21. The van der Waals surface area contributed by atoms with Crippen LogP contribution < -0.4 is 5.32 Å². The normalized spacial score (nSPS) is 11.3. The summed E-state index contributed by atoms with van der Waals surface area (Å²) >= 11 is 0. The summed E-state index contributed by atoms with van der Waals surface area (Å²) in [7, 11) is 0. The van der Waals surface area contributed by atoms with Crippen molar-refractivity contribution in [2.75, 3.05) is 11.9 Å². The van der Waals surface area contributed by atoms with E-state index in [0.717, 1.165) is 5.69 Å². The second-order valence-electron chi connectivity index (χ2n) is 5.25. The summed E-state index contributed by atoms with van der Waals surface area (Å²) in [5.74, 6) is -0.185. The Labute approximate surface area is 116 Å². The van der Waals surface area contributed by atoms with Crippen LogP contribution in [0.2, 0.25) is 0 Å². The molecule has 0 unspecified atom stereocenters. The quantitative estimate of drug-likeness (QED) is 0.912. The number of amides is 1. The van der Waals surface area contributed by atoms with Gasteiger partial charge in [-0.2, -0.15) is 0 Å². The van der Waals surface area contributed by atoms with Crippen molar-refractivity contribution in [1.82, 2.24) is 20.2 Å². The zero-order chi connectivity index (χ0) is 14.6. The summed E-state index contributed by atoms with van der Waals surface area (Å²) < 4.78 is 6.94. The van der Waals surface area contributed by atoms with Crippen LogP contribution in [0.1, 0.15) is 20.8 Å². The van der Waals surface area contributed by atoms with Gasteiger partial charge in [-0.25, -0.2) is 4.68 Å². The smallest absolute Gasteiger partial charge is 0.250 e. The Morgan fingerprint density at radius 3 is 2.55 bits per heavy atom. The maximum Gasteiger partial charge on any atom is 0.250 e. The largest absolute Gasteiger partial charge is 0.366 e. The maximum atomic E-state index is 11.7. The van der Waals surface area contributed by atoms with E-state index in [1.54, 1.807) is 12.1 Å². The van der Waals surface area contributed by atoms with Crippen LogP contribution in [0.3, 0.4) is 0 Å². The van der Waals surface area contributed by atoms with Crippen molar-refractivity contribution in [2.45, 2.75) is 26.4 Å². The molecule has 0 spiro atoms. The van der Waals surface area contributed by atoms with Gasteiger partial charge in [0.2, 0.25) is 5.91 Å². The lowest BCUT2D eigenvalue weighted by Gasteiger charge is -2.19. The fourth-order valence-corrected chi connectivity index (χ4v) is 1.46. The number of nitrogens with one attached hydrogen (secondary N) is 1. The van der Waals surface area contributed by atoms with E-state index >= 15 is 0 Å². The number of hydrogen-bond donors (Lipinski definition) is 1. The van der Waals surface area contributed by atoms with Crippen molar-refractivity contribution >= 4 is 11.6 Å². The van der Waals surface area contributed by atoms with Gasteiger partial charge in [-0.15, -0.1) is 5.10 Å². The van der Waals surface area contributed by atoms with E-state index in [4.69, 9.17) is 4.74 Å². The van der Waals surface area contributed by atoms with E-state index in [-0.39, 0.29) is 18.1 Å². The van der Waals surface area contributed by atoms with Gasteiger partial charge in [0.1, 0.15) is 12.9 Å². The van der Waals surface area contributed by atoms with Gasteiger partial charge >= 0.3 is 0 Å². The Balaban J connectivity index is 1.92. The van der Waals surface area contributed by atoms with Crippen LogP contribution in [-0.2, 0) is 9.53 Å². The second kappa shape index (κ2) is 5.79. The SMILES string of the molecule is CC(C)(C)OCC(=O)Nc1ccc(-n2cnnn2)cc1. The molecule has 0 saturated heterocycles. The molecule has 1 aromatic carbocycles. The molecule has 2 aromatic rings. The Morgan fingerprint density at radius 2 is 2.00 bits per heavy atom. The number of ether oxygens (including phenoxy) is 1. The predicted molar refractivity (Wildman–Crippen MR) is 73.5 cm³/mol. The molecule has 1 N–H and O–H groups in total. The molecule has 1 amide bonds. The number of aromatic nitrogens is 4. The van der Waals surface area contributed by atoms with Gasteiger partial charge in [0, 0.05) is 5.69 Å². The lowest BCUT2D eigenvalue weighted by atomic mass is 10.2. The van der Waals surface area contributed by atoms with E-state index in [0.29, 0.717) is 5.69 Å². The first-order chi connectivity index (χ1) is 9.44. The number of tetrazole rings is 1. The van der Waals surface area contributed by atoms with Gasteiger partial charge in [-0.05, 0) is 55.5 Å². The summed E-state index contributed by atoms with van der Waals surface area (Å²) in [6.07, 6.45) is 1.50. The zero-order valence-electron chi connectivity index (χ0n) is 11.7. The Morgan fingerprint density at radius 1 is 1.30 bits per heavy atom. The molecule has 7 heteroatoms. The molecule has 2 rings (SSSR count). The van der Waals surface area contributed by atoms with Gasteiger partial charge < -0.3 is 10.1 Å². The molecule has 1 aromatic heterocycles. The average Bonchev–Trinajstić information content (AvgIpc) is 2.90. The number of carbonyl (C=O) groups is 1.